The van der Waals surface area contributed by atoms with Gasteiger partial charge in [0, 0.05) is 13.2 Å². The maximum Gasteiger partial charge on any atom is 0.242 e. The molecule has 1 aliphatic rings. The van der Waals surface area contributed by atoms with Gasteiger partial charge in [0.1, 0.15) is 5.54 Å². The molecule has 1 saturated heterocycles. The van der Waals surface area contributed by atoms with Crippen molar-refractivity contribution in [1.29, 1.82) is 0 Å². The van der Waals surface area contributed by atoms with E-state index in [1.54, 1.807) is 0 Å². The summed E-state index contributed by atoms with van der Waals surface area (Å²) in [4.78, 5) is 11.6. The summed E-state index contributed by atoms with van der Waals surface area (Å²) in [6, 6.07) is 0. The third-order valence-electron chi connectivity index (χ3n) is 2.74. The number of nitrogens with one attached hydrogen (secondary N) is 1. The number of hydrogen-bond donors (Lipinski definition) is 3. The third kappa shape index (κ3) is 3.44. The van der Waals surface area contributed by atoms with E-state index in [0.29, 0.717) is 32.4 Å². The molecule has 1 fully saturated rings. The Kier molecular flexibility index (Phi) is 4.50. The van der Waals surface area contributed by atoms with Gasteiger partial charge in [-0.2, -0.15) is 0 Å². The number of rotatable bonds is 5. The number of hydrogen-bond acceptors (Lipinski definition) is 4. The van der Waals surface area contributed by atoms with Gasteiger partial charge in [-0.15, -0.1) is 0 Å². The summed E-state index contributed by atoms with van der Waals surface area (Å²) in [7, 11) is 0. The van der Waals surface area contributed by atoms with Crippen LogP contribution in [0.1, 0.15) is 26.2 Å². The van der Waals surface area contributed by atoms with Gasteiger partial charge in [0.05, 0.1) is 12.7 Å². The zero-order chi connectivity index (χ0) is 11.3. The molecule has 1 rings (SSSR count). The van der Waals surface area contributed by atoms with Crippen LogP contribution >= 0.6 is 0 Å². The number of nitrogens with two attached hydrogens (primary N) is 1. The molecule has 0 aliphatic carbocycles. The van der Waals surface area contributed by atoms with Crippen LogP contribution in [0.15, 0.2) is 0 Å². The highest BCUT2D eigenvalue weighted by molar-refractivity contribution is 5.86. The Morgan fingerprint density at radius 3 is 3.00 bits per heavy atom. The largest absolute Gasteiger partial charge is 0.393 e. The number of amides is 1. The van der Waals surface area contributed by atoms with Crippen LogP contribution in [-0.4, -0.2) is 42.4 Å². The first-order valence-corrected chi connectivity index (χ1v) is 5.41. The van der Waals surface area contributed by atoms with Gasteiger partial charge >= 0.3 is 0 Å². The fraction of sp³-hybridized carbons (Fsp3) is 0.900. The van der Waals surface area contributed by atoms with Crippen molar-refractivity contribution in [2.24, 2.45) is 5.73 Å². The van der Waals surface area contributed by atoms with E-state index in [0.717, 1.165) is 0 Å². The first-order valence-electron chi connectivity index (χ1n) is 5.41. The predicted octanol–water partition coefficient (Wildman–Crippen LogP) is -0.619. The molecule has 1 amide bonds. The zero-order valence-electron chi connectivity index (χ0n) is 9.16. The minimum Gasteiger partial charge on any atom is -0.393 e. The van der Waals surface area contributed by atoms with Crippen LogP contribution in [0.4, 0.5) is 0 Å². The molecule has 0 aromatic rings. The zero-order valence-corrected chi connectivity index (χ0v) is 9.16. The molecule has 2 atom stereocenters. The Bertz CT molecular complexity index is 215. The first kappa shape index (κ1) is 12.4. The summed E-state index contributed by atoms with van der Waals surface area (Å²) < 4.78 is 5.09. The average molecular weight is 216 g/mol. The summed E-state index contributed by atoms with van der Waals surface area (Å²) in [5, 5.41) is 12.0. The maximum atomic E-state index is 11.6. The van der Waals surface area contributed by atoms with E-state index >= 15 is 0 Å². The first-order chi connectivity index (χ1) is 7.08. The van der Waals surface area contributed by atoms with Crippen molar-refractivity contribution in [3.63, 3.8) is 0 Å². The summed E-state index contributed by atoms with van der Waals surface area (Å²) in [6.45, 7) is 3.20. The molecule has 1 heterocycles. The Morgan fingerprint density at radius 2 is 2.47 bits per heavy atom. The molecule has 4 N–H and O–H groups in total. The van der Waals surface area contributed by atoms with Crippen molar-refractivity contribution in [2.45, 2.75) is 37.8 Å². The lowest BCUT2D eigenvalue weighted by Crippen LogP contribution is -2.54. The summed E-state index contributed by atoms with van der Waals surface area (Å²) in [5.74, 6) is -0.177. The van der Waals surface area contributed by atoms with Gasteiger partial charge in [0.25, 0.3) is 0 Å². The van der Waals surface area contributed by atoms with Gasteiger partial charge in [0.15, 0.2) is 0 Å². The highest BCUT2D eigenvalue weighted by Crippen LogP contribution is 2.15. The Hall–Kier alpha value is -0.650. The van der Waals surface area contributed by atoms with Crippen molar-refractivity contribution < 1.29 is 14.6 Å². The molecule has 88 valence electrons. The molecule has 0 bridgehead atoms. The van der Waals surface area contributed by atoms with E-state index in [1.807, 2.05) is 6.92 Å². The van der Waals surface area contributed by atoms with E-state index in [-0.39, 0.29) is 18.6 Å². The molecule has 15 heavy (non-hydrogen) atoms. The van der Waals surface area contributed by atoms with Gasteiger partial charge in [-0.1, -0.05) is 6.92 Å². The molecule has 0 radical (unpaired) electrons. The minimum atomic E-state index is -0.864. The summed E-state index contributed by atoms with van der Waals surface area (Å²) in [5.41, 5.74) is 4.99. The second-order valence-corrected chi connectivity index (χ2v) is 4.07. The van der Waals surface area contributed by atoms with E-state index in [9.17, 15) is 9.90 Å². The Morgan fingerprint density at radius 1 is 1.73 bits per heavy atom. The van der Waals surface area contributed by atoms with Crippen LogP contribution in [0, 0.1) is 0 Å². The molecule has 5 nitrogen and oxygen atoms in total. The number of carbonyl (C=O) groups is 1. The fourth-order valence-corrected chi connectivity index (χ4v) is 1.49. The fourth-order valence-electron chi connectivity index (χ4n) is 1.49. The smallest absolute Gasteiger partial charge is 0.242 e. The monoisotopic (exact) mass is 216 g/mol. The summed E-state index contributed by atoms with van der Waals surface area (Å²) in [6.07, 6.45) is 1.49. The van der Waals surface area contributed by atoms with Gasteiger partial charge in [-0.25, -0.2) is 0 Å². The SMILES string of the molecule is CCC(O)CCNC(=O)C1(N)CCOC1. The third-order valence-corrected chi connectivity index (χ3v) is 2.74. The summed E-state index contributed by atoms with van der Waals surface area (Å²) >= 11 is 0. The van der Waals surface area contributed by atoms with E-state index < -0.39 is 5.54 Å². The van der Waals surface area contributed by atoms with Gasteiger partial charge < -0.3 is 20.9 Å². The van der Waals surface area contributed by atoms with Gasteiger partial charge in [0.2, 0.25) is 5.91 Å². The predicted molar refractivity (Wildman–Crippen MR) is 56.3 cm³/mol. The van der Waals surface area contributed by atoms with E-state index in [2.05, 4.69) is 5.32 Å². The standard InChI is InChI=1S/C10H20N2O3/c1-2-8(13)3-5-12-9(14)10(11)4-6-15-7-10/h8,13H,2-7,11H2,1H3,(H,12,14). The van der Waals surface area contributed by atoms with Crippen molar-refractivity contribution in [3.05, 3.63) is 0 Å². The number of carbonyl (C=O) groups excluding carboxylic acids is 1. The Labute approximate surface area is 90.0 Å². The second-order valence-electron chi connectivity index (χ2n) is 4.07. The number of aliphatic hydroxyl groups excluding tert-OH is 1. The lowest BCUT2D eigenvalue weighted by atomic mass is 9.99. The average Bonchev–Trinajstić information content (AvgIpc) is 2.66. The van der Waals surface area contributed by atoms with Crippen molar-refractivity contribution in [1.82, 2.24) is 5.32 Å². The highest BCUT2D eigenvalue weighted by Gasteiger charge is 2.37. The number of aliphatic hydroxyl groups is 1. The van der Waals surface area contributed by atoms with Crippen LogP contribution in [0.25, 0.3) is 0 Å². The van der Waals surface area contributed by atoms with Crippen LogP contribution < -0.4 is 11.1 Å². The maximum absolute atomic E-state index is 11.6. The topological polar surface area (TPSA) is 84.6 Å². The molecule has 0 saturated carbocycles. The molecular formula is C10H20N2O3. The van der Waals surface area contributed by atoms with Crippen molar-refractivity contribution >= 4 is 5.91 Å². The quantitative estimate of drug-likeness (QED) is 0.572. The molecule has 0 spiro atoms. The lowest BCUT2D eigenvalue weighted by molar-refractivity contribution is -0.126. The molecule has 5 heteroatoms. The molecular weight excluding hydrogens is 196 g/mol. The highest BCUT2D eigenvalue weighted by atomic mass is 16.5. The van der Waals surface area contributed by atoms with Gasteiger partial charge in [-0.3, -0.25) is 4.79 Å². The van der Waals surface area contributed by atoms with Crippen molar-refractivity contribution in [3.8, 4) is 0 Å². The molecule has 2 unspecified atom stereocenters. The van der Waals surface area contributed by atoms with Crippen molar-refractivity contribution in [2.75, 3.05) is 19.8 Å². The van der Waals surface area contributed by atoms with E-state index in [1.165, 1.54) is 0 Å². The minimum absolute atomic E-state index is 0.177. The van der Waals surface area contributed by atoms with Crippen LogP contribution in [0.3, 0.4) is 0 Å². The Balaban J connectivity index is 2.24. The van der Waals surface area contributed by atoms with Crippen LogP contribution in [0.2, 0.25) is 0 Å². The lowest BCUT2D eigenvalue weighted by Gasteiger charge is -2.20. The van der Waals surface area contributed by atoms with Gasteiger partial charge in [-0.05, 0) is 19.3 Å². The second kappa shape index (κ2) is 5.44. The molecule has 1 aliphatic heterocycles. The van der Waals surface area contributed by atoms with Crippen LogP contribution in [0.5, 0.6) is 0 Å². The van der Waals surface area contributed by atoms with E-state index in [4.69, 9.17) is 10.5 Å². The molecule has 0 aromatic heterocycles. The normalized spacial score (nSPS) is 27.7. The molecule has 0 aromatic carbocycles. The number of ether oxygens (including phenoxy) is 1. The van der Waals surface area contributed by atoms with Crippen LogP contribution in [-0.2, 0) is 9.53 Å².